The van der Waals surface area contributed by atoms with Crippen molar-refractivity contribution in [2.75, 3.05) is 5.32 Å². The summed E-state index contributed by atoms with van der Waals surface area (Å²) in [5.41, 5.74) is 1.06. The molecule has 2 aromatic heterocycles. The van der Waals surface area contributed by atoms with Gasteiger partial charge in [0.25, 0.3) is 5.56 Å². The first-order chi connectivity index (χ1) is 14.6. The number of ether oxygens (including phenoxy) is 1. The Morgan fingerprint density at radius 2 is 2.03 bits per heavy atom. The first kappa shape index (κ1) is 21.3. The Bertz CT molecular complexity index is 1070. The van der Waals surface area contributed by atoms with E-state index in [0.717, 1.165) is 5.56 Å². The Morgan fingerprint density at radius 1 is 1.23 bits per heavy atom. The molecule has 0 saturated carbocycles. The van der Waals surface area contributed by atoms with Gasteiger partial charge in [0.2, 0.25) is 0 Å². The predicted molar refractivity (Wildman–Crippen MR) is 116 cm³/mol. The minimum absolute atomic E-state index is 0.130. The van der Waals surface area contributed by atoms with Crippen LogP contribution in [0.15, 0.2) is 71.9 Å². The van der Waals surface area contributed by atoms with Gasteiger partial charge < -0.3 is 10.1 Å². The minimum Gasteiger partial charge on any atom is -0.438 e. The Hall–Kier alpha value is -3.45. The van der Waals surface area contributed by atoms with Gasteiger partial charge in [-0.15, -0.1) is 0 Å². The van der Waals surface area contributed by atoms with Crippen LogP contribution in [0, 0.1) is 0 Å². The van der Waals surface area contributed by atoms with Gasteiger partial charge in [-0.05, 0) is 17.7 Å². The maximum absolute atomic E-state index is 12.8. The van der Waals surface area contributed by atoms with Crippen LogP contribution in [0.2, 0.25) is 5.02 Å². The second-order valence-corrected chi connectivity index (χ2v) is 6.76. The van der Waals surface area contributed by atoms with Crippen molar-refractivity contribution in [3.05, 3.63) is 93.6 Å². The van der Waals surface area contributed by atoms with Gasteiger partial charge in [0, 0.05) is 18.8 Å². The molecule has 7 nitrogen and oxygen atoms in total. The Labute approximate surface area is 179 Å². The molecule has 154 valence electrons. The van der Waals surface area contributed by atoms with Crippen molar-refractivity contribution in [3.8, 4) is 0 Å². The monoisotopic (exact) mass is 424 g/mol. The summed E-state index contributed by atoms with van der Waals surface area (Å²) < 4.78 is 6.73. The molecule has 0 bridgehead atoms. The smallest absolute Gasteiger partial charge is 0.341 e. The average molecular weight is 425 g/mol. The molecule has 0 spiro atoms. The van der Waals surface area contributed by atoms with Gasteiger partial charge in [0.1, 0.15) is 5.69 Å². The van der Waals surface area contributed by atoms with Gasteiger partial charge in [-0.2, -0.15) is 5.10 Å². The summed E-state index contributed by atoms with van der Waals surface area (Å²) in [6, 6.07) is 13.0. The van der Waals surface area contributed by atoms with Crippen LogP contribution >= 0.6 is 11.6 Å². The summed E-state index contributed by atoms with van der Waals surface area (Å²) >= 11 is 6.18. The molecule has 0 aliphatic heterocycles. The van der Waals surface area contributed by atoms with E-state index in [1.807, 2.05) is 49.4 Å². The van der Waals surface area contributed by atoms with E-state index in [4.69, 9.17) is 16.3 Å². The van der Waals surface area contributed by atoms with E-state index >= 15 is 0 Å². The summed E-state index contributed by atoms with van der Waals surface area (Å²) in [6.45, 7) is 2.09. The highest BCUT2D eigenvalue weighted by atomic mass is 35.5. The number of rotatable bonds is 8. The number of anilines is 1. The number of aromatic nitrogens is 3. The molecule has 30 heavy (non-hydrogen) atoms. The lowest BCUT2D eigenvalue weighted by Gasteiger charge is -2.19. The molecule has 0 amide bonds. The van der Waals surface area contributed by atoms with Gasteiger partial charge in [0.15, 0.2) is 6.23 Å². The van der Waals surface area contributed by atoms with Crippen LogP contribution in [-0.4, -0.2) is 27.0 Å². The molecule has 8 heteroatoms. The summed E-state index contributed by atoms with van der Waals surface area (Å²) in [7, 11) is 0. The van der Waals surface area contributed by atoms with Crippen LogP contribution in [0.1, 0.15) is 29.3 Å². The highest BCUT2D eigenvalue weighted by Crippen LogP contribution is 2.18. The number of halogens is 1. The van der Waals surface area contributed by atoms with Gasteiger partial charge in [-0.3, -0.25) is 9.78 Å². The van der Waals surface area contributed by atoms with Crippen molar-refractivity contribution in [2.45, 2.75) is 26.1 Å². The lowest BCUT2D eigenvalue weighted by Crippen LogP contribution is -2.32. The fourth-order valence-electron chi connectivity index (χ4n) is 2.64. The van der Waals surface area contributed by atoms with E-state index in [0.29, 0.717) is 12.0 Å². The topological polar surface area (TPSA) is 86.1 Å². The molecule has 1 unspecified atom stereocenters. The van der Waals surface area contributed by atoms with E-state index in [1.54, 1.807) is 18.3 Å². The molecular formula is C22H21ClN4O3. The number of benzene rings is 1. The number of esters is 1. The standard InChI is InChI=1S/C22H21ClN4O3/c1-2-19(30-22(29)17-11-6-12-24-14-17)26-20-18(23)15-25-27(21(20)28)13-7-10-16-8-4-3-5-9-16/h3-12,14-15,19,26H,2,13H2,1H3. The lowest BCUT2D eigenvalue weighted by molar-refractivity contribution is 0.0352. The molecule has 1 aromatic carbocycles. The lowest BCUT2D eigenvalue weighted by atomic mass is 10.2. The third kappa shape index (κ3) is 5.55. The van der Waals surface area contributed by atoms with Crippen LogP contribution in [0.25, 0.3) is 6.08 Å². The summed E-state index contributed by atoms with van der Waals surface area (Å²) in [6.07, 6.45) is 7.80. The zero-order valence-electron chi connectivity index (χ0n) is 16.4. The van der Waals surface area contributed by atoms with E-state index in [-0.39, 0.29) is 17.3 Å². The van der Waals surface area contributed by atoms with Gasteiger partial charge in [0.05, 0.1) is 23.3 Å². The summed E-state index contributed by atoms with van der Waals surface area (Å²) in [5, 5.41) is 7.15. The second-order valence-electron chi connectivity index (χ2n) is 6.36. The molecule has 0 aliphatic carbocycles. The first-order valence-electron chi connectivity index (χ1n) is 9.43. The highest BCUT2D eigenvalue weighted by Gasteiger charge is 2.18. The highest BCUT2D eigenvalue weighted by molar-refractivity contribution is 6.33. The first-order valence-corrected chi connectivity index (χ1v) is 9.81. The quantitative estimate of drug-likeness (QED) is 0.434. The van der Waals surface area contributed by atoms with E-state index in [2.05, 4.69) is 15.4 Å². The molecular weight excluding hydrogens is 404 g/mol. The fourth-order valence-corrected chi connectivity index (χ4v) is 2.82. The number of carbonyl (C=O) groups is 1. The summed E-state index contributed by atoms with van der Waals surface area (Å²) in [4.78, 5) is 29.0. The number of nitrogens with zero attached hydrogens (tertiary/aromatic N) is 3. The molecule has 1 atom stereocenters. The predicted octanol–water partition coefficient (Wildman–Crippen LogP) is 4.01. The third-order valence-electron chi connectivity index (χ3n) is 4.21. The second kappa shape index (κ2) is 10.4. The van der Waals surface area contributed by atoms with E-state index < -0.39 is 17.8 Å². The van der Waals surface area contributed by atoms with Crippen molar-refractivity contribution < 1.29 is 9.53 Å². The molecule has 0 aliphatic rings. The number of pyridine rings is 1. The minimum atomic E-state index is -0.737. The Kier molecular flexibility index (Phi) is 7.34. The van der Waals surface area contributed by atoms with Crippen LogP contribution in [0.5, 0.6) is 0 Å². The molecule has 1 N–H and O–H groups in total. The summed E-state index contributed by atoms with van der Waals surface area (Å²) in [5.74, 6) is -0.543. The number of allylic oxidation sites excluding steroid dienone is 1. The molecule has 0 fully saturated rings. The number of nitrogens with one attached hydrogen (secondary N) is 1. The normalized spacial score (nSPS) is 11.9. The molecule has 3 aromatic rings. The Morgan fingerprint density at radius 3 is 2.73 bits per heavy atom. The van der Waals surface area contributed by atoms with Gasteiger partial charge in [-0.25, -0.2) is 9.48 Å². The third-order valence-corrected chi connectivity index (χ3v) is 4.50. The van der Waals surface area contributed by atoms with Gasteiger partial charge in [-0.1, -0.05) is 61.0 Å². The maximum atomic E-state index is 12.8. The van der Waals surface area contributed by atoms with Crippen LogP contribution in [-0.2, 0) is 11.3 Å². The number of carbonyl (C=O) groups excluding carboxylic acids is 1. The molecule has 2 heterocycles. The van der Waals surface area contributed by atoms with Crippen LogP contribution < -0.4 is 10.9 Å². The van der Waals surface area contributed by atoms with Crippen molar-refractivity contribution in [3.63, 3.8) is 0 Å². The van der Waals surface area contributed by atoms with E-state index in [1.165, 1.54) is 17.1 Å². The van der Waals surface area contributed by atoms with Crippen molar-refractivity contribution in [1.82, 2.24) is 14.8 Å². The van der Waals surface area contributed by atoms with Crippen LogP contribution in [0.4, 0.5) is 5.69 Å². The fraction of sp³-hybridized carbons (Fsp3) is 0.182. The zero-order chi connectivity index (χ0) is 21.3. The van der Waals surface area contributed by atoms with Crippen LogP contribution in [0.3, 0.4) is 0 Å². The molecule has 0 saturated heterocycles. The average Bonchev–Trinajstić information content (AvgIpc) is 2.78. The van der Waals surface area contributed by atoms with Crippen molar-refractivity contribution in [1.29, 1.82) is 0 Å². The SMILES string of the molecule is CCC(Nc1c(Cl)cnn(CC=Cc2ccccc2)c1=O)OC(=O)c1cccnc1. The Balaban J connectivity index is 1.73. The van der Waals surface area contributed by atoms with Crippen molar-refractivity contribution >= 4 is 29.3 Å². The zero-order valence-corrected chi connectivity index (χ0v) is 17.1. The number of hydrogen-bond acceptors (Lipinski definition) is 6. The number of hydrogen-bond donors (Lipinski definition) is 1. The molecule has 0 radical (unpaired) electrons. The van der Waals surface area contributed by atoms with E-state index in [9.17, 15) is 9.59 Å². The maximum Gasteiger partial charge on any atom is 0.341 e. The molecule has 3 rings (SSSR count). The largest absolute Gasteiger partial charge is 0.438 e. The van der Waals surface area contributed by atoms with Gasteiger partial charge >= 0.3 is 5.97 Å². The van der Waals surface area contributed by atoms with Crippen molar-refractivity contribution in [2.24, 2.45) is 0 Å².